The van der Waals surface area contributed by atoms with Gasteiger partial charge in [0, 0.05) is 33.1 Å². The first-order chi connectivity index (χ1) is 14.7. The summed E-state index contributed by atoms with van der Waals surface area (Å²) in [5.74, 6) is 0. The number of aromatic nitrogens is 2. The molecule has 0 saturated heterocycles. The van der Waals surface area contributed by atoms with E-state index in [2.05, 4.69) is 72.6 Å². The molecule has 0 atom stereocenters. The zero-order valence-corrected chi connectivity index (χ0v) is 17.5. The summed E-state index contributed by atoms with van der Waals surface area (Å²) in [5.41, 5.74) is 6.88. The maximum Gasteiger partial charge on any atom is 0.227 e. The van der Waals surface area contributed by atoms with Gasteiger partial charge in [0.2, 0.25) is 5.71 Å². The van der Waals surface area contributed by atoms with Crippen LogP contribution in [-0.4, -0.2) is 9.97 Å². The van der Waals surface area contributed by atoms with Gasteiger partial charge in [-0.1, -0.05) is 42.0 Å². The quantitative estimate of drug-likeness (QED) is 0.298. The lowest BCUT2D eigenvalue weighted by molar-refractivity contribution is 0.653. The van der Waals surface area contributed by atoms with Gasteiger partial charge in [0.1, 0.15) is 5.58 Å². The van der Waals surface area contributed by atoms with Crippen molar-refractivity contribution in [3.8, 4) is 21.7 Å². The third kappa shape index (κ3) is 2.72. The standard InChI is InChI=1S/C26H18N2OS/c1-15-6-9-17(10-7-15)23-13-18-12-22(27-14-24(18)30-23)21-5-3-4-19-20-11-8-16(2)28-26(20)29-25(19)21/h3-14H,1-2H3. The minimum Gasteiger partial charge on any atom is -0.437 e. The third-order valence-electron chi connectivity index (χ3n) is 5.52. The molecule has 6 aromatic rings. The van der Waals surface area contributed by atoms with E-state index in [0.29, 0.717) is 5.71 Å². The van der Waals surface area contributed by atoms with Crippen molar-refractivity contribution in [3.63, 3.8) is 0 Å². The van der Waals surface area contributed by atoms with Gasteiger partial charge in [-0.2, -0.15) is 0 Å². The highest BCUT2D eigenvalue weighted by atomic mass is 32.1. The molecule has 0 fully saturated rings. The van der Waals surface area contributed by atoms with E-state index in [1.165, 1.54) is 26.1 Å². The molecule has 0 amide bonds. The second kappa shape index (κ2) is 6.51. The lowest BCUT2D eigenvalue weighted by atomic mass is 10.1. The highest BCUT2D eigenvalue weighted by molar-refractivity contribution is 7.22. The molecule has 0 aliphatic rings. The molecular formula is C26H18N2OS. The van der Waals surface area contributed by atoms with E-state index in [1.807, 2.05) is 19.2 Å². The third-order valence-corrected chi connectivity index (χ3v) is 6.65. The molecule has 30 heavy (non-hydrogen) atoms. The molecule has 0 aliphatic heterocycles. The van der Waals surface area contributed by atoms with Crippen molar-refractivity contribution in [2.75, 3.05) is 0 Å². The molecule has 4 heteroatoms. The first kappa shape index (κ1) is 17.4. The van der Waals surface area contributed by atoms with Crippen LogP contribution in [0.2, 0.25) is 0 Å². The van der Waals surface area contributed by atoms with Crippen molar-refractivity contribution in [3.05, 3.63) is 84.2 Å². The van der Waals surface area contributed by atoms with Gasteiger partial charge in [0.15, 0.2) is 0 Å². The number of furan rings is 1. The van der Waals surface area contributed by atoms with Crippen LogP contribution >= 0.6 is 11.3 Å². The SMILES string of the molecule is Cc1ccc(-c2cc3cc(-c4cccc5c4oc4nc(C)ccc45)ncc3s2)cc1. The van der Waals surface area contributed by atoms with Gasteiger partial charge in [-0.3, -0.25) is 4.98 Å². The number of para-hydroxylation sites is 1. The molecule has 0 saturated carbocycles. The van der Waals surface area contributed by atoms with Crippen LogP contribution in [0.25, 0.3) is 53.9 Å². The number of fused-ring (bicyclic) bond motifs is 4. The summed E-state index contributed by atoms with van der Waals surface area (Å²) >= 11 is 1.77. The normalized spacial score (nSPS) is 11.7. The van der Waals surface area contributed by atoms with Crippen LogP contribution in [0.15, 0.2) is 77.3 Å². The van der Waals surface area contributed by atoms with Crippen molar-refractivity contribution in [1.82, 2.24) is 9.97 Å². The Bertz CT molecular complexity index is 1560. The number of aryl methyl sites for hydroxylation is 2. The summed E-state index contributed by atoms with van der Waals surface area (Å²) < 4.78 is 7.35. The molecule has 0 bridgehead atoms. The molecule has 0 aliphatic carbocycles. The van der Waals surface area contributed by atoms with Crippen LogP contribution in [0.3, 0.4) is 0 Å². The molecule has 6 rings (SSSR count). The van der Waals surface area contributed by atoms with E-state index in [0.717, 1.165) is 33.3 Å². The Morgan fingerprint density at radius 1 is 0.867 bits per heavy atom. The van der Waals surface area contributed by atoms with E-state index in [1.54, 1.807) is 11.3 Å². The van der Waals surface area contributed by atoms with E-state index in [4.69, 9.17) is 9.40 Å². The number of thiophene rings is 1. The summed E-state index contributed by atoms with van der Waals surface area (Å²) in [6.45, 7) is 4.09. The highest BCUT2D eigenvalue weighted by Gasteiger charge is 2.15. The van der Waals surface area contributed by atoms with Gasteiger partial charge < -0.3 is 4.42 Å². The predicted molar refractivity (Wildman–Crippen MR) is 125 cm³/mol. The van der Waals surface area contributed by atoms with Crippen LogP contribution in [0.5, 0.6) is 0 Å². The Balaban J connectivity index is 1.51. The largest absolute Gasteiger partial charge is 0.437 e. The molecule has 0 radical (unpaired) electrons. The highest BCUT2D eigenvalue weighted by Crippen LogP contribution is 2.38. The van der Waals surface area contributed by atoms with Gasteiger partial charge in [-0.25, -0.2) is 4.98 Å². The molecule has 0 N–H and O–H groups in total. The lowest BCUT2D eigenvalue weighted by Crippen LogP contribution is -1.83. The summed E-state index contributed by atoms with van der Waals surface area (Å²) in [6, 6.07) is 23.4. The molecular weight excluding hydrogens is 388 g/mol. The van der Waals surface area contributed by atoms with Gasteiger partial charge in [-0.05, 0) is 55.1 Å². The van der Waals surface area contributed by atoms with Gasteiger partial charge in [-0.15, -0.1) is 11.3 Å². The molecule has 4 aromatic heterocycles. The van der Waals surface area contributed by atoms with Crippen LogP contribution < -0.4 is 0 Å². The molecule has 4 heterocycles. The fraction of sp³-hybridized carbons (Fsp3) is 0.0769. The second-order valence-corrected chi connectivity index (χ2v) is 8.76. The number of benzene rings is 2. The number of hydrogen-bond donors (Lipinski definition) is 0. The molecule has 3 nitrogen and oxygen atoms in total. The zero-order valence-electron chi connectivity index (χ0n) is 16.6. The zero-order chi connectivity index (χ0) is 20.2. The molecule has 144 valence electrons. The number of hydrogen-bond acceptors (Lipinski definition) is 4. The van der Waals surface area contributed by atoms with Gasteiger partial charge >= 0.3 is 0 Å². The second-order valence-electron chi connectivity index (χ2n) is 7.67. The fourth-order valence-electron chi connectivity index (χ4n) is 3.93. The predicted octanol–water partition coefficient (Wildman–Crippen LogP) is 7.54. The van der Waals surface area contributed by atoms with Gasteiger partial charge in [0.25, 0.3) is 0 Å². The van der Waals surface area contributed by atoms with Crippen molar-refractivity contribution >= 4 is 43.5 Å². The molecule has 0 unspecified atom stereocenters. The van der Waals surface area contributed by atoms with Gasteiger partial charge in [0.05, 0.1) is 10.4 Å². The molecule has 0 spiro atoms. The Morgan fingerprint density at radius 2 is 1.73 bits per heavy atom. The minimum atomic E-state index is 0.677. The van der Waals surface area contributed by atoms with E-state index < -0.39 is 0 Å². The Hall–Kier alpha value is -3.50. The van der Waals surface area contributed by atoms with Crippen molar-refractivity contribution in [2.24, 2.45) is 0 Å². The number of nitrogens with zero attached hydrogens (tertiary/aromatic N) is 2. The van der Waals surface area contributed by atoms with Crippen molar-refractivity contribution in [1.29, 1.82) is 0 Å². The Morgan fingerprint density at radius 3 is 2.60 bits per heavy atom. The lowest BCUT2D eigenvalue weighted by Gasteiger charge is -2.02. The van der Waals surface area contributed by atoms with Crippen LogP contribution in [0.4, 0.5) is 0 Å². The number of pyridine rings is 2. The minimum absolute atomic E-state index is 0.677. The average Bonchev–Trinajstić information content (AvgIpc) is 3.34. The van der Waals surface area contributed by atoms with Crippen LogP contribution in [0, 0.1) is 13.8 Å². The Labute approximate surface area is 177 Å². The fourth-order valence-corrected chi connectivity index (χ4v) is 4.94. The smallest absolute Gasteiger partial charge is 0.227 e. The maximum atomic E-state index is 6.17. The van der Waals surface area contributed by atoms with E-state index in [9.17, 15) is 0 Å². The summed E-state index contributed by atoms with van der Waals surface area (Å²) in [4.78, 5) is 10.6. The van der Waals surface area contributed by atoms with E-state index >= 15 is 0 Å². The number of rotatable bonds is 2. The average molecular weight is 407 g/mol. The van der Waals surface area contributed by atoms with Crippen LogP contribution in [-0.2, 0) is 0 Å². The monoisotopic (exact) mass is 406 g/mol. The van der Waals surface area contributed by atoms with E-state index in [-0.39, 0.29) is 0 Å². The molecule has 2 aromatic carbocycles. The topological polar surface area (TPSA) is 38.9 Å². The first-order valence-corrected chi connectivity index (χ1v) is 10.7. The maximum absolute atomic E-state index is 6.17. The first-order valence-electron chi connectivity index (χ1n) is 9.91. The van der Waals surface area contributed by atoms with Crippen molar-refractivity contribution in [2.45, 2.75) is 13.8 Å². The van der Waals surface area contributed by atoms with Crippen LogP contribution in [0.1, 0.15) is 11.3 Å². The summed E-state index contributed by atoms with van der Waals surface area (Å²) in [5, 5.41) is 3.31. The summed E-state index contributed by atoms with van der Waals surface area (Å²) in [6.07, 6.45) is 1.97. The Kier molecular flexibility index (Phi) is 3.77. The summed E-state index contributed by atoms with van der Waals surface area (Å²) in [7, 11) is 0. The van der Waals surface area contributed by atoms with Crippen molar-refractivity contribution < 1.29 is 4.42 Å².